The smallest absolute Gasteiger partial charge is 0.335 e. The molecule has 3 rings (SSSR count). The normalized spacial score (nSPS) is 19.9. The summed E-state index contributed by atoms with van der Waals surface area (Å²) in [6, 6.07) is 10.9. The molecule has 2 aromatic carbocycles. The molecular weight excluding hydrogens is 328 g/mol. The van der Waals surface area contributed by atoms with Crippen molar-refractivity contribution in [3.8, 4) is 0 Å². The second-order valence-electron chi connectivity index (χ2n) is 7.29. The van der Waals surface area contributed by atoms with Gasteiger partial charge in [0.2, 0.25) is 0 Å². The molecule has 0 aliphatic heterocycles. The molecule has 4 nitrogen and oxygen atoms in total. The van der Waals surface area contributed by atoms with E-state index in [1.165, 1.54) is 0 Å². The Bertz CT molecular complexity index is 782. The molecule has 0 spiro atoms. The molecule has 2 N–H and O–H groups in total. The van der Waals surface area contributed by atoms with Crippen molar-refractivity contribution in [2.24, 2.45) is 0 Å². The molecule has 1 fully saturated rings. The van der Waals surface area contributed by atoms with Crippen LogP contribution in [0.4, 0.5) is 0 Å². The summed E-state index contributed by atoms with van der Waals surface area (Å²) < 4.78 is 0. The molecule has 1 saturated carbocycles. The Morgan fingerprint density at radius 1 is 0.769 bits per heavy atom. The van der Waals surface area contributed by atoms with Crippen molar-refractivity contribution in [3.63, 3.8) is 0 Å². The lowest BCUT2D eigenvalue weighted by molar-refractivity contribution is 0.0681. The summed E-state index contributed by atoms with van der Waals surface area (Å²) in [6.07, 6.45) is 3.81. The number of aromatic carboxylic acids is 2. The van der Waals surface area contributed by atoms with E-state index in [-0.39, 0.29) is 11.8 Å². The number of carbonyl (C=O) groups is 2. The molecule has 2 atom stereocenters. The third kappa shape index (κ3) is 3.50. The molecule has 1 aliphatic carbocycles. The quantitative estimate of drug-likeness (QED) is 0.799. The summed E-state index contributed by atoms with van der Waals surface area (Å²) in [6.45, 7) is 3.92. The lowest BCUT2D eigenvalue weighted by Crippen LogP contribution is -2.21. The lowest BCUT2D eigenvalue weighted by atomic mass is 9.70. The number of carboxylic acids is 2. The van der Waals surface area contributed by atoms with E-state index < -0.39 is 11.9 Å². The molecular formula is C22H24O4. The van der Waals surface area contributed by atoms with E-state index in [4.69, 9.17) is 0 Å². The molecule has 4 heteroatoms. The van der Waals surface area contributed by atoms with Crippen LogP contribution in [0.25, 0.3) is 0 Å². The van der Waals surface area contributed by atoms with Gasteiger partial charge in [0.05, 0.1) is 11.1 Å². The maximum atomic E-state index is 11.8. The SMILES string of the molecule is Cc1ccc(C(=O)O)c(C2CCCCC2c2cc(C)ccc2C(=O)O)c1. The molecule has 0 aromatic heterocycles. The van der Waals surface area contributed by atoms with E-state index in [1.54, 1.807) is 12.1 Å². The number of hydrogen-bond acceptors (Lipinski definition) is 2. The second-order valence-corrected chi connectivity index (χ2v) is 7.29. The first-order valence-electron chi connectivity index (χ1n) is 9.06. The Balaban J connectivity index is 2.14. The molecule has 26 heavy (non-hydrogen) atoms. The number of hydrogen-bond donors (Lipinski definition) is 2. The second kappa shape index (κ2) is 7.32. The molecule has 1 aliphatic rings. The van der Waals surface area contributed by atoms with Crippen LogP contribution in [0.3, 0.4) is 0 Å². The highest BCUT2D eigenvalue weighted by Crippen LogP contribution is 2.46. The number of benzene rings is 2. The highest BCUT2D eigenvalue weighted by atomic mass is 16.4. The highest BCUT2D eigenvalue weighted by molar-refractivity contribution is 5.91. The van der Waals surface area contributed by atoms with Gasteiger partial charge in [-0.3, -0.25) is 0 Å². The van der Waals surface area contributed by atoms with E-state index in [0.717, 1.165) is 47.9 Å². The monoisotopic (exact) mass is 352 g/mol. The van der Waals surface area contributed by atoms with Gasteiger partial charge in [-0.1, -0.05) is 48.2 Å². The molecule has 0 bridgehead atoms. The number of carboxylic acid groups (broad SMARTS) is 2. The Morgan fingerprint density at radius 2 is 1.15 bits per heavy atom. The highest BCUT2D eigenvalue weighted by Gasteiger charge is 2.33. The number of aryl methyl sites for hydroxylation is 2. The molecule has 2 aromatic rings. The molecule has 0 saturated heterocycles. The van der Waals surface area contributed by atoms with Gasteiger partial charge >= 0.3 is 11.9 Å². The van der Waals surface area contributed by atoms with Crippen LogP contribution in [0.1, 0.15) is 80.5 Å². The fraction of sp³-hybridized carbons (Fsp3) is 0.364. The molecule has 0 radical (unpaired) electrons. The van der Waals surface area contributed by atoms with Crippen molar-refractivity contribution in [2.45, 2.75) is 51.4 Å². The summed E-state index contributed by atoms with van der Waals surface area (Å²) in [4.78, 5) is 23.5. The van der Waals surface area contributed by atoms with Gasteiger partial charge in [0.25, 0.3) is 0 Å². The predicted octanol–water partition coefficient (Wildman–Crippen LogP) is 5.14. The summed E-state index contributed by atoms with van der Waals surface area (Å²) in [5.74, 6) is -1.80. The standard InChI is InChI=1S/C22H24O4/c1-13-7-9-17(21(23)24)19(11-13)15-5-3-4-6-16(15)20-12-14(2)8-10-18(20)22(25)26/h7-12,15-16H,3-6H2,1-2H3,(H,23,24)(H,25,26). The maximum Gasteiger partial charge on any atom is 0.335 e. The van der Waals surface area contributed by atoms with Crippen molar-refractivity contribution in [1.29, 1.82) is 0 Å². The fourth-order valence-corrected chi connectivity index (χ4v) is 4.24. The average Bonchev–Trinajstić information content (AvgIpc) is 2.61. The zero-order valence-corrected chi connectivity index (χ0v) is 15.2. The zero-order chi connectivity index (χ0) is 18.8. The number of rotatable bonds is 4. The third-order valence-electron chi connectivity index (χ3n) is 5.44. The Kier molecular flexibility index (Phi) is 5.12. The molecule has 0 heterocycles. The first kappa shape index (κ1) is 18.2. The van der Waals surface area contributed by atoms with Gasteiger partial charge in [0.1, 0.15) is 0 Å². The maximum absolute atomic E-state index is 11.8. The van der Waals surface area contributed by atoms with E-state index >= 15 is 0 Å². The van der Waals surface area contributed by atoms with Gasteiger partial charge in [0, 0.05) is 0 Å². The van der Waals surface area contributed by atoms with Crippen LogP contribution >= 0.6 is 0 Å². The van der Waals surface area contributed by atoms with E-state index in [1.807, 2.05) is 38.1 Å². The first-order chi connectivity index (χ1) is 12.4. The van der Waals surface area contributed by atoms with Crippen molar-refractivity contribution in [1.82, 2.24) is 0 Å². The lowest BCUT2D eigenvalue weighted by Gasteiger charge is -2.34. The predicted molar refractivity (Wildman–Crippen MR) is 100 cm³/mol. The van der Waals surface area contributed by atoms with Crippen molar-refractivity contribution in [3.05, 3.63) is 69.8 Å². The topological polar surface area (TPSA) is 74.6 Å². The summed E-state index contributed by atoms with van der Waals surface area (Å²) in [5, 5.41) is 19.3. The van der Waals surface area contributed by atoms with Crippen molar-refractivity contribution >= 4 is 11.9 Å². The minimum atomic E-state index is -0.924. The molecule has 136 valence electrons. The molecule has 2 unspecified atom stereocenters. The molecule has 0 amide bonds. The summed E-state index contributed by atoms with van der Waals surface area (Å²) in [7, 11) is 0. The van der Waals surface area contributed by atoms with Gasteiger partial charge in [-0.15, -0.1) is 0 Å². The van der Waals surface area contributed by atoms with Crippen molar-refractivity contribution < 1.29 is 19.8 Å². The van der Waals surface area contributed by atoms with Crippen LogP contribution in [0, 0.1) is 13.8 Å². The van der Waals surface area contributed by atoms with Crippen LogP contribution in [-0.4, -0.2) is 22.2 Å². The minimum Gasteiger partial charge on any atom is -0.478 e. The zero-order valence-electron chi connectivity index (χ0n) is 15.2. The van der Waals surface area contributed by atoms with Gasteiger partial charge < -0.3 is 10.2 Å². The third-order valence-corrected chi connectivity index (χ3v) is 5.44. The van der Waals surface area contributed by atoms with Gasteiger partial charge in [-0.05, 0) is 61.8 Å². The van der Waals surface area contributed by atoms with E-state index in [9.17, 15) is 19.8 Å². The Hall–Kier alpha value is -2.62. The Morgan fingerprint density at radius 3 is 1.50 bits per heavy atom. The fourth-order valence-electron chi connectivity index (χ4n) is 4.24. The van der Waals surface area contributed by atoms with Gasteiger partial charge in [-0.25, -0.2) is 9.59 Å². The van der Waals surface area contributed by atoms with Gasteiger partial charge in [0.15, 0.2) is 0 Å². The van der Waals surface area contributed by atoms with Crippen LogP contribution in [0.2, 0.25) is 0 Å². The largest absolute Gasteiger partial charge is 0.478 e. The summed E-state index contributed by atoms with van der Waals surface area (Å²) >= 11 is 0. The van der Waals surface area contributed by atoms with Gasteiger partial charge in [-0.2, -0.15) is 0 Å². The summed E-state index contributed by atoms with van der Waals surface area (Å²) in [5.41, 5.74) is 4.38. The Labute approximate surface area is 153 Å². The van der Waals surface area contributed by atoms with Crippen LogP contribution in [-0.2, 0) is 0 Å². The average molecular weight is 352 g/mol. The van der Waals surface area contributed by atoms with Crippen LogP contribution in [0.15, 0.2) is 36.4 Å². The van der Waals surface area contributed by atoms with E-state index in [0.29, 0.717) is 11.1 Å². The van der Waals surface area contributed by atoms with Crippen LogP contribution in [0.5, 0.6) is 0 Å². The first-order valence-corrected chi connectivity index (χ1v) is 9.06. The van der Waals surface area contributed by atoms with E-state index in [2.05, 4.69) is 0 Å². The van der Waals surface area contributed by atoms with Crippen molar-refractivity contribution in [2.75, 3.05) is 0 Å². The van der Waals surface area contributed by atoms with Crippen LogP contribution < -0.4 is 0 Å². The minimum absolute atomic E-state index is 0.0228.